The van der Waals surface area contributed by atoms with Gasteiger partial charge in [0.15, 0.2) is 5.69 Å². The van der Waals surface area contributed by atoms with Crippen LogP contribution in [0.1, 0.15) is 47.2 Å². The Kier molecular flexibility index (Phi) is 3.91. The molecule has 1 aliphatic rings. The molecule has 132 valence electrons. The molecule has 0 fully saturated rings. The van der Waals surface area contributed by atoms with Crippen molar-refractivity contribution in [2.75, 3.05) is 5.32 Å². The molecule has 0 bridgehead atoms. The Bertz CT molecular complexity index is 819. The minimum Gasteiger partial charge on any atom is -0.375 e. The summed E-state index contributed by atoms with van der Waals surface area (Å²) < 4.78 is 38.0. The summed E-state index contributed by atoms with van der Waals surface area (Å²) in [6.45, 7) is 3.77. The van der Waals surface area contributed by atoms with Gasteiger partial charge in [-0.1, -0.05) is 26.0 Å². The molecule has 1 aromatic carbocycles. The first-order valence-electron chi connectivity index (χ1n) is 7.40. The minimum absolute atomic E-state index is 0.232. The predicted molar refractivity (Wildman–Crippen MR) is 82.1 cm³/mol. The molecule has 2 heterocycles. The molecule has 9 heteroatoms. The van der Waals surface area contributed by atoms with Gasteiger partial charge in [-0.3, -0.25) is 15.0 Å². The summed E-state index contributed by atoms with van der Waals surface area (Å²) in [6.07, 6.45) is -2.78. The summed E-state index contributed by atoms with van der Waals surface area (Å²) in [4.78, 5) is 19.2. The lowest BCUT2D eigenvalue weighted by Gasteiger charge is -2.27. The van der Waals surface area contributed by atoms with Gasteiger partial charge in [0.25, 0.3) is 5.91 Å². The number of para-hydroxylation sites is 1. The maximum Gasteiger partial charge on any atom is 0.434 e. The van der Waals surface area contributed by atoms with Crippen molar-refractivity contribution in [2.45, 2.75) is 31.5 Å². The van der Waals surface area contributed by atoms with Gasteiger partial charge in [-0.15, -0.1) is 0 Å². The van der Waals surface area contributed by atoms with Crippen LogP contribution in [0.3, 0.4) is 0 Å². The van der Waals surface area contributed by atoms with Crippen LogP contribution in [0.25, 0.3) is 0 Å². The van der Waals surface area contributed by atoms with E-state index in [2.05, 4.69) is 15.3 Å². The molecule has 2 aromatic rings. The van der Waals surface area contributed by atoms with E-state index in [9.17, 15) is 18.0 Å². The van der Waals surface area contributed by atoms with Crippen molar-refractivity contribution in [3.8, 4) is 0 Å². The second-order valence-electron chi connectivity index (χ2n) is 6.29. The Balaban J connectivity index is 2.01. The number of alkyl halides is 3. The molecule has 3 rings (SSSR count). The van der Waals surface area contributed by atoms with Crippen LogP contribution in [-0.4, -0.2) is 21.1 Å². The Hall–Kier alpha value is -2.68. The number of hydrogen-bond acceptors (Lipinski definition) is 5. The third-order valence-corrected chi connectivity index (χ3v) is 4.37. The molecule has 6 nitrogen and oxygen atoms in total. The molecule has 0 saturated carbocycles. The van der Waals surface area contributed by atoms with E-state index in [0.717, 1.165) is 11.8 Å². The van der Waals surface area contributed by atoms with E-state index in [-0.39, 0.29) is 5.56 Å². The largest absolute Gasteiger partial charge is 0.434 e. The Labute approximate surface area is 141 Å². The molecular weight excluding hydrogens is 337 g/mol. The first-order chi connectivity index (χ1) is 11.7. The average molecular weight is 352 g/mol. The number of rotatable bonds is 2. The Morgan fingerprint density at radius 1 is 1.28 bits per heavy atom. The van der Waals surface area contributed by atoms with Crippen LogP contribution in [0.2, 0.25) is 0 Å². The first kappa shape index (κ1) is 17.2. The second-order valence-corrected chi connectivity index (χ2v) is 6.29. The van der Waals surface area contributed by atoms with Crippen LogP contribution in [0.4, 0.5) is 18.9 Å². The van der Waals surface area contributed by atoms with Crippen LogP contribution in [0.15, 0.2) is 30.6 Å². The van der Waals surface area contributed by atoms with E-state index in [1.54, 1.807) is 11.5 Å². The van der Waals surface area contributed by atoms with Crippen LogP contribution in [0, 0.1) is 0 Å². The maximum absolute atomic E-state index is 12.7. The van der Waals surface area contributed by atoms with Gasteiger partial charge in [-0.2, -0.15) is 13.2 Å². The molecule has 1 unspecified atom stereocenters. The highest BCUT2D eigenvalue weighted by atomic mass is 19.4. The van der Waals surface area contributed by atoms with Crippen molar-refractivity contribution in [3.63, 3.8) is 0 Å². The number of nitrogens with one attached hydrogen (secondary N) is 2. The molecular formula is C16H15F3N4O2. The molecule has 0 radical (unpaired) electrons. The number of anilines is 1. The Morgan fingerprint density at radius 2 is 2.00 bits per heavy atom. The fraction of sp³-hybridized carbons (Fsp3) is 0.312. The quantitative estimate of drug-likeness (QED) is 0.571. The van der Waals surface area contributed by atoms with Crippen molar-refractivity contribution < 1.29 is 23.2 Å². The molecule has 0 aliphatic carbocycles. The summed E-state index contributed by atoms with van der Waals surface area (Å²) >= 11 is 0. The van der Waals surface area contributed by atoms with E-state index >= 15 is 0 Å². The van der Waals surface area contributed by atoms with E-state index in [4.69, 9.17) is 5.21 Å². The van der Waals surface area contributed by atoms with E-state index < -0.39 is 29.2 Å². The van der Waals surface area contributed by atoms with Crippen molar-refractivity contribution in [1.29, 1.82) is 0 Å². The lowest BCUT2D eigenvalue weighted by atomic mass is 9.79. The molecule has 1 aliphatic heterocycles. The smallest absolute Gasteiger partial charge is 0.375 e. The number of carbonyl (C=O) groups is 1. The molecule has 1 aromatic heterocycles. The average Bonchev–Trinajstić information content (AvgIpc) is 2.85. The van der Waals surface area contributed by atoms with Crippen molar-refractivity contribution in [2.24, 2.45) is 0 Å². The van der Waals surface area contributed by atoms with Gasteiger partial charge in [0.2, 0.25) is 0 Å². The van der Waals surface area contributed by atoms with Crippen LogP contribution >= 0.6 is 0 Å². The zero-order valence-corrected chi connectivity index (χ0v) is 13.3. The van der Waals surface area contributed by atoms with Crippen molar-refractivity contribution >= 4 is 11.6 Å². The van der Waals surface area contributed by atoms with Gasteiger partial charge < -0.3 is 5.32 Å². The highest BCUT2D eigenvalue weighted by molar-refractivity contribution is 6.00. The van der Waals surface area contributed by atoms with E-state index in [1.807, 2.05) is 19.9 Å². The van der Waals surface area contributed by atoms with Crippen LogP contribution < -0.4 is 10.8 Å². The fourth-order valence-corrected chi connectivity index (χ4v) is 3.05. The van der Waals surface area contributed by atoms with Crippen LogP contribution in [0.5, 0.6) is 0 Å². The van der Waals surface area contributed by atoms with E-state index in [0.29, 0.717) is 17.6 Å². The number of fused-ring (bicyclic) bond motifs is 1. The monoisotopic (exact) mass is 352 g/mol. The molecule has 0 spiro atoms. The number of carbonyl (C=O) groups excluding carboxylic acids is 1. The molecule has 25 heavy (non-hydrogen) atoms. The minimum atomic E-state index is -4.56. The number of halogens is 3. The predicted octanol–water partition coefficient (Wildman–Crippen LogP) is 3.06. The third-order valence-electron chi connectivity index (χ3n) is 4.37. The second kappa shape index (κ2) is 5.69. The van der Waals surface area contributed by atoms with Gasteiger partial charge >= 0.3 is 6.18 Å². The first-order valence-corrected chi connectivity index (χ1v) is 7.40. The summed E-state index contributed by atoms with van der Waals surface area (Å²) in [7, 11) is 0. The lowest BCUT2D eigenvalue weighted by molar-refractivity contribution is -0.141. The molecule has 1 amide bonds. The Morgan fingerprint density at radius 3 is 2.56 bits per heavy atom. The van der Waals surface area contributed by atoms with E-state index in [1.165, 1.54) is 6.07 Å². The molecule has 0 saturated heterocycles. The van der Waals surface area contributed by atoms with Crippen molar-refractivity contribution in [1.82, 2.24) is 15.4 Å². The van der Waals surface area contributed by atoms with Gasteiger partial charge in [-0.25, -0.2) is 10.5 Å². The number of hydrogen-bond donors (Lipinski definition) is 3. The summed E-state index contributed by atoms with van der Waals surface area (Å²) in [5, 5.41) is 12.0. The highest BCUT2D eigenvalue weighted by Gasteiger charge is 2.43. The summed E-state index contributed by atoms with van der Waals surface area (Å²) in [5.74, 6) is -0.681. The zero-order chi connectivity index (χ0) is 18.4. The normalized spacial score (nSPS) is 18.4. The third kappa shape index (κ3) is 2.80. The molecule has 1 atom stereocenters. The standard InChI is InChI=1S/C16H15F3N4O2/c1-15(2)9-5-3-4-8(14(24)23-25)12(9)22-13(15)10-6-21-11(7-20-10)16(17,18)19/h3-7,13,22,25H,1-2H3,(H,23,24). The highest BCUT2D eigenvalue weighted by Crippen LogP contribution is 2.49. The van der Waals surface area contributed by atoms with Gasteiger partial charge in [0.05, 0.1) is 35.4 Å². The molecule has 3 N–H and O–H groups in total. The fourth-order valence-electron chi connectivity index (χ4n) is 3.05. The number of amides is 1. The number of hydroxylamine groups is 1. The number of nitrogens with zero attached hydrogens (tertiary/aromatic N) is 2. The van der Waals surface area contributed by atoms with Gasteiger partial charge in [0, 0.05) is 5.41 Å². The zero-order valence-electron chi connectivity index (χ0n) is 13.3. The summed E-state index contributed by atoms with van der Waals surface area (Å²) in [6, 6.07) is 4.54. The SMILES string of the molecule is CC1(C)c2cccc(C(=O)NO)c2NC1c1cnc(C(F)(F)F)cn1. The van der Waals surface area contributed by atoms with Crippen LogP contribution in [-0.2, 0) is 11.6 Å². The topological polar surface area (TPSA) is 87.1 Å². The number of aromatic nitrogens is 2. The van der Waals surface area contributed by atoms with Gasteiger partial charge in [0.1, 0.15) is 0 Å². The maximum atomic E-state index is 12.7. The van der Waals surface area contributed by atoms with Gasteiger partial charge in [-0.05, 0) is 11.6 Å². The summed E-state index contributed by atoms with van der Waals surface area (Å²) in [5.41, 5.74) is 1.81. The van der Waals surface area contributed by atoms with Crippen molar-refractivity contribution in [3.05, 3.63) is 53.1 Å². The number of benzene rings is 1. The lowest BCUT2D eigenvalue weighted by Crippen LogP contribution is -2.26.